The van der Waals surface area contributed by atoms with E-state index in [0.717, 1.165) is 6.07 Å². The number of ether oxygens (including phenoxy) is 1. The molecule has 0 spiro atoms. The molecule has 0 aromatic heterocycles. The fourth-order valence-corrected chi connectivity index (χ4v) is 1.18. The molecule has 0 atom stereocenters. The summed E-state index contributed by atoms with van der Waals surface area (Å²) < 4.78 is 37.3. The quantitative estimate of drug-likeness (QED) is 0.753. The maximum Gasteiger partial charge on any atom is 0.333 e. The fourth-order valence-electron chi connectivity index (χ4n) is 1.18. The minimum absolute atomic E-state index is 0.168. The lowest BCUT2D eigenvalue weighted by molar-refractivity contribution is 0.0666. The molecule has 0 aliphatic carbocycles. The van der Waals surface area contributed by atoms with E-state index in [9.17, 15) is 8.78 Å². The standard InChI is InChI=1S/C13H18BF2O2/c1-8(2)13(3,4)18-14-9-6-7-10(15)12(17-5)11(9)16/h6-8H,1-5H3. The minimum atomic E-state index is -0.753. The van der Waals surface area contributed by atoms with Crippen LogP contribution >= 0.6 is 0 Å². The highest BCUT2D eigenvalue weighted by Crippen LogP contribution is 2.21. The van der Waals surface area contributed by atoms with Crippen molar-refractivity contribution in [1.82, 2.24) is 0 Å². The van der Waals surface area contributed by atoms with Gasteiger partial charge in [-0.3, -0.25) is 0 Å². The first kappa shape index (κ1) is 15.0. The predicted molar refractivity (Wildman–Crippen MR) is 68.3 cm³/mol. The highest BCUT2D eigenvalue weighted by atomic mass is 19.1. The molecule has 0 saturated carbocycles. The van der Waals surface area contributed by atoms with Crippen molar-refractivity contribution in [3.63, 3.8) is 0 Å². The third kappa shape index (κ3) is 3.22. The van der Waals surface area contributed by atoms with Crippen molar-refractivity contribution in [3.05, 3.63) is 23.8 Å². The Morgan fingerprint density at radius 1 is 1.22 bits per heavy atom. The summed E-state index contributed by atoms with van der Waals surface area (Å²) in [7, 11) is 2.53. The lowest BCUT2D eigenvalue weighted by Crippen LogP contribution is -2.37. The second-order valence-corrected chi connectivity index (χ2v) is 4.98. The highest BCUT2D eigenvalue weighted by molar-refractivity contribution is 6.47. The van der Waals surface area contributed by atoms with Crippen LogP contribution in [0.3, 0.4) is 0 Å². The topological polar surface area (TPSA) is 18.5 Å². The Balaban J connectivity index is 2.87. The summed E-state index contributed by atoms with van der Waals surface area (Å²) in [4.78, 5) is 0. The van der Waals surface area contributed by atoms with E-state index in [4.69, 9.17) is 4.65 Å². The van der Waals surface area contributed by atoms with Crippen LogP contribution in [-0.2, 0) is 4.65 Å². The van der Waals surface area contributed by atoms with Gasteiger partial charge in [0.05, 0.1) is 7.11 Å². The molecule has 0 fully saturated rings. The van der Waals surface area contributed by atoms with Crippen LogP contribution in [-0.4, -0.2) is 20.2 Å². The van der Waals surface area contributed by atoms with Crippen LogP contribution in [0.4, 0.5) is 8.78 Å². The summed E-state index contributed by atoms with van der Waals surface area (Å²) in [5, 5.41) is 0. The van der Waals surface area contributed by atoms with Crippen molar-refractivity contribution in [1.29, 1.82) is 0 Å². The van der Waals surface area contributed by atoms with Gasteiger partial charge in [0.2, 0.25) is 0 Å². The summed E-state index contributed by atoms with van der Waals surface area (Å²) in [6, 6.07) is 2.48. The molecule has 0 saturated heterocycles. The number of methoxy groups -OCH3 is 1. The number of rotatable bonds is 5. The van der Waals surface area contributed by atoms with E-state index in [-0.39, 0.29) is 11.4 Å². The van der Waals surface area contributed by atoms with Crippen molar-refractivity contribution in [2.24, 2.45) is 5.92 Å². The second kappa shape index (κ2) is 5.70. The molecule has 0 bridgehead atoms. The van der Waals surface area contributed by atoms with Crippen LogP contribution in [0.25, 0.3) is 0 Å². The largest absolute Gasteiger partial charge is 0.491 e. The molecular formula is C13H18BF2O2. The lowest BCUT2D eigenvalue weighted by Gasteiger charge is -2.30. The number of halogens is 2. The Morgan fingerprint density at radius 2 is 1.83 bits per heavy atom. The molecule has 1 radical (unpaired) electrons. The monoisotopic (exact) mass is 255 g/mol. The maximum atomic E-state index is 13.8. The number of hydrogen-bond acceptors (Lipinski definition) is 2. The summed E-state index contributed by atoms with van der Waals surface area (Å²) in [6.07, 6.45) is 0. The Kier molecular flexibility index (Phi) is 4.74. The molecule has 2 nitrogen and oxygen atoms in total. The molecular weight excluding hydrogens is 237 g/mol. The Labute approximate surface area is 108 Å². The minimum Gasteiger partial charge on any atom is -0.491 e. The molecule has 1 aromatic rings. The van der Waals surface area contributed by atoms with Crippen molar-refractivity contribution in [3.8, 4) is 5.75 Å². The van der Waals surface area contributed by atoms with E-state index < -0.39 is 23.0 Å². The van der Waals surface area contributed by atoms with E-state index >= 15 is 0 Å². The maximum absolute atomic E-state index is 13.8. The van der Waals surface area contributed by atoms with Gasteiger partial charge in [0.1, 0.15) is 0 Å². The van der Waals surface area contributed by atoms with Crippen LogP contribution in [0.1, 0.15) is 27.7 Å². The van der Waals surface area contributed by atoms with Gasteiger partial charge in [0.15, 0.2) is 17.4 Å². The molecule has 99 valence electrons. The van der Waals surface area contributed by atoms with E-state index in [2.05, 4.69) is 4.74 Å². The summed E-state index contributed by atoms with van der Waals surface area (Å²) in [6.45, 7) is 7.84. The van der Waals surface area contributed by atoms with Gasteiger partial charge in [-0.25, -0.2) is 8.78 Å². The SMILES string of the molecule is COc1c(F)ccc([B]OC(C)(C)C(C)C)c1F. The molecule has 0 unspecified atom stereocenters. The average Bonchev–Trinajstić information content (AvgIpc) is 2.28. The molecule has 1 aromatic carbocycles. The summed E-state index contributed by atoms with van der Waals surface area (Å²) >= 11 is 0. The number of benzene rings is 1. The van der Waals surface area contributed by atoms with Gasteiger partial charge in [0.25, 0.3) is 0 Å². The lowest BCUT2D eigenvalue weighted by atomic mass is 9.83. The molecule has 1 rings (SSSR count). The first-order valence-electron chi connectivity index (χ1n) is 5.82. The normalized spacial score (nSPS) is 11.8. The molecule has 0 aliphatic heterocycles. The predicted octanol–water partition coefficient (Wildman–Crippen LogP) is 2.67. The highest BCUT2D eigenvalue weighted by Gasteiger charge is 2.24. The van der Waals surface area contributed by atoms with Gasteiger partial charge >= 0.3 is 7.48 Å². The Hall–Kier alpha value is -1.10. The second-order valence-electron chi connectivity index (χ2n) is 4.98. The molecule has 5 heteroatoms. The summed E-state index contributed by atoms with van der Waals surface area (Å²) in [5.41, 5.74) is -0.254. The third-order valence-corrected chi connectivity index (χ3v) is 3.16. The van der Waals surface area contributed by atoms with E-state index in [0.29, 0.717) is 0 Å². The van der Waals surface area contributed by atoms with Crippen LogP contribution < -0.4 is 10.2 Å². The zero-order valence-electron chi connectivity index (χ0n) is 11.4. The Morgan fingerprint density at radius 3 is 2.33 bits per heavy atom. The van der Waals surface area contributed by atoms with Crippen molar-refractivity contribution in [2.45, 2.75) is 33.3 Å². The van der Waals surface area contributed by atoms with Gasteiger partial charge in [-0.1, -0.05) is 19.9 Å². The van der Waals surface area contributed by atoms with Gasteiger partial charge < -0.3 is 9.39 Å². The van der Waals surface area contributed by atoms with Gasteiger partial charge in [-0.2, -0.15) is 0 Å². The van der Waals surface area contributed by atoms with Crippen LogP contribution in [0, 0.1) is 17.6 Å². The van der Waals surface area contributed by atoms with Crippen LogP contribution in [0.5, 0.6) is 5.75 Å². The van der Waals surface area contributed by atoms with Crippen molar-refractivity contribution < 1.29 is 18.2 Å². The summed E-state index contributed by atoms with van der Waals surface area (Å²) in [5.74, 6) is -1.61. The smallest absolute Gasteiger partial charge is 0.333 e. The molecule has 0 aliphatic rings. The van der Waals surface area contributed by atoms with Gasteiger partial charge in [-0.05, 0) is 31.3 Å². The first-order valence-corrected chi connectivity index (χ1v) is 5.82. The van der Waals surface area contributed by atoms with E-state index in [1.165, 1.54) is 20.7 Å². The van der Waals surface area contributed by atoms with Gasteiger partial charge in [0, 0.05) is 5.60 Å². The zero-order valence-corrected chi connectivity index (χ0v) is 11.4. The van der Waals surface area contributed by atoms with Gasteiger partial charge in [-0.15, -0.1) is 0 Å². The van der Waals surface area contributed by atoms with Crippen LogP contribution in [0.2, 0.25) is 0 Å². The number of hydrogen-bond donors (Lipinski definition) is 0. The first-order chi connectivity index (χ1) is 8.29. The van der Waals surface area contributed by atoms with Crippen LogP contribution in [0.15, 0.2) is 12.1 Å². The Bertz CT molecular complexity index is 420. The fraction of sp³-hybridized carbons (Fsp3) is 0.538. The third-order valence-electron chi connectivity index (χ3n) is 3.16. The molecule has 18 heavy (non-hydrogen) atoms. The van der Waals surface area contributed by atoms with Crippen molar-refractivity contribution in [2.75, 3.05) is 7.11 Å². The van der Waals surface area contributed by atoms with E-state index in [1.807, 2.05) is 27.7 Å². The molecule has 0 N–H and O–H groups in total. The van der Waals surface area contributed by atoms with Crippen molar-refractivity contribution >= 4 is 12.9 Å². The van der Waals surface area contributed by atoms with E-state index in [1.54, 1.807) is 0 Å². The average molecular weight is 255 g/mol. The molecule has 0 amide bonds. The molecule has 0 heterocycles. The zero-order chi connectivity index (χ0) is 13.9.